The molecular formula is C19H22ClN5O2S. The van der Waals surface area contributed by atoms with E-state index in [0.717, 1.165) is 47.5 Å². The fourth-order valence-electron chi connectivity index (χ4n) is 3.72. The molecule has 3 aromatic rings. The van der Waals surface area contributed by atoms with Gasteiger partial charge in [-0.05, 0) is 52.0 Å². The molecule has 0 radical (unpaired) electrons. The molecule has 0 bridgehead atoms. The Morgan fingerprint density at radius 3 is 2.71 bits per heavy atom. The minimum atomic E-state index is -0.265. The van der Waals surface area contributed by atoms with Gasteiger partial charge in [0.2, 0.25) is 5.91 Å². The van der Waals surface area contributed by atoms with Gasteiger partial charge in [-0.1, -0.05) is 11.6 Å². The molecular weight excluding hydrogens is 398 g/mol. The van der Waals surface area contributed by atoms with E-state index in [0.29, 0.717) is 22.8 Å². The van der Waals surface area contributed by atoms with Crippen LogP contribution in [0.2, 0.25) is 5.02 Å². The van der Waals surface area contributed by atoms with Crippen molar-refractivity contribution in [2.75, 3.05) is 5.43 Å². The largest absolute Gasteiger partial charge is 0.281 e. The number of fused-ring (bicyclic) bond motifs is 3. The summed E-state index contributed by atoms with van der Waals surface area (Å²) < 4.78 is 2.99. The van der Waals surface area contributed by atoms with Crippen LogP contribution >= 0.6 is 22.9 Å². The maximum Gasteiger partial charge on any atom is 0.281 e. The fourth-order valence-corrected chi connectivity index (χ4v) is 5.15. The van der Waals surface area contributed by atoms with Crippen LogP contribution in [-0.2, 0) is 24.2 Å². The van der Waals surface area contributed by atoms with Gasteiger partial charge >= 0.3 is 0 Å². The number of aryl methyl sites for hydroxylation is 5. The quantitative estimate of drug-likeness (QED) is 0.703. The highest BCUT2D eigenvalue weighted by molar-refractivity contribution is 7.18. The molecule has 1 aliphatic carbocycles. The Labute approximate surface area is 171 Å². The van der Waals surface area contributed by atoms with Crippen LogP contribution in [0.25, 0.3) is 10.2 Å². The molecule has 0 atom stereocenters. The van der Waals surface area contributed by atoms with Crippen molar-refractivity contribution in [2.24, 2.45) is 0 Å². The Morgan fingerprint density at radius 2 is 2.00 bits per heavy atom. The molecule has 1 aliphatic rings. The number of nitrogens with zero attached hydrogens (tertiary/aromatic N) is 4. The number of hydrogen-bond donors (Lipinski definition) is 1. The zero-order chi connectivity index (χ0) is 20.0. The molecule has 148 valence electrons. The number of halogens is 1. The fraction of sp³-hybridized carbons (Fsp3) is 0.474. The van der Waals surface area contributed by atoms with E-state index in [1.807, 2.05) is 13.8 Å². The lowest BCUT2D eigenvalue weighted by atomic mass is 9.97. The Bertz CT molecular complexity index is 1140. The average molecular weight is 420 g/mol. The average Bonchev–Trinajstić information content (AvgIpc) is 3.15. The molecule has 0 unspecified atom stereocenters. The summed E-state index contributed by atoms with van der Waals surface area (Å²) in [6.45, 7) is 5.83. The molecule has 28 heavy (non-hydrogen) atoms. The van der Waals surface area contributed by atoms with Gasteiger partial charge < -0.3 is 0 Å². The lowest BCUT2D eigenvalue weighted by Gasteiger charge is -2.13. The Balaban J connectivity index is 1.58. The lowest BCUT2D eigenvalue weighted by Crippen LogP contribution is -2.36. The Morgan fingerprint density at radius 1 is 1.25 bits per heavy atom. The third-order valence-corrected chi connectivity index (χ3v) is 6.97. The van der Waals surface area contributed by atoms with Crippen molar-refractivity contribution in [3.05, 3.63) is 43.0 Å². The number of thiophene rings is 1. The van der Waals surface area contributed by atoms with Crippen molar-refractivity contribution < 1.29 is 4.79 Å². The van der Waals surface area contributed by atoms with E-state index < -0.39 is 0 Å². The van der Waals surface area contributed by atoms with Gasteiger partial charge in [0.05, 0.1) is 28.3 Å². The summed E-state index contributed by atoms with van der Waals surface area (Å²) in [7, 11) is 0. The number of amides is 1. The summed E-state index contributed by atoms with van der Waals surface area (Å²) in [6.07, 6.45) is 4.34. The summed E-state index contributed by atoms with van der Waals surface area (Å²) in [5, 5.41) is 5.61. The summed E-state index contributed by atoms with van der Waals surface area (Å²) in [4.78, 5) is 32.2. The molecule has 7 nitrogen and oxygen atoms in total. The van der Waals surface area contributed by atoms with Crippen molar-refractivity contribution in [3.8, 4) is 0 Å². The maximum absolute atomic E-state index is 13.1. The van der Waals surface area contributed by atoms with Crippen LogP contribution in [0.1, 0.15) is 46.9 Å². The van der Waals surface area contributed by atoms with Crippen LogP contribution < -0.4 is 11.0 Å². The highest BCUT2D eigenvalue weighted by Gasteiger charge is 2.22. The molecule has 0 spiro atoms. The molecule has 4 rings (SSSR count). The zero-order valence-electron chi connectivity index (χ0n) is 16.1. The van der Waals surface area contributed by atoms with Crippen LogP contribution in [0.4, 0.5) is 0 Å². The lowest BCUT2D eigenvalue weighted by molar-refractivity contribution is -0.117. The van der Waals surface area contributed by atoms with E-state index in [-0.39, 0.29) is 17.9 Å². The Kier molecular flexibility index (Phi) is 5.01. The third-order valence-electron chi connectivity index (χ3n) is 5.24. The van der Waals surface area contributed by atoms with Crippen molar-refractivity contribution >= 4 is 39.1 Å². The molecule has 1 N–H and O–H groups in total. The summed E-state index contributed by atoms with van der Waals surface area (Å²) in [5.74, 6) is 0.220. The van der Waals surface area contributed by atoms with Crippen molar-refractivity contribution in [3.63, 3.8) is 0 Å². The minimum Gasteiger partial charge on any atom is -0.273 e. The van der Waals surface area contributed by atoms with Gasteiger partial charge in [-0.3, -0.25) is 19.7 Å². The standard InChI is InChI=1S/C19H22ClN5O2S/c1-10-17(20)11(2)24(22-10)9-8-15(26)23-25-12(3)21-18-16(19(25)27)13-6-4-5-7-14(13)28-18/h4-9H2,1-3H3,(H,23,26). The van der Waals surface area contributed by atoms with Crippen LogP contribution in [0.3, 0.4) is 0 Å². The van der Waals surface area contributed by atoms with Crippen LogP contribution in [0.5, 0.6) is 0 Å². The molecule has 3 heterocycles. The van der Waals surface area contributed by atoms with Crippen LogP contribution in [0.15, 0.2) is 4.79 Å². The van der Waals surface area contributed by atoms with Gasteiger partial charge in [0, 0.05) is 11.3 Å². The highest BCUT2D eigenvalue weighted by atomic mass is 35.5. The topological polar surface area (TPSA) is 81.8 Å². The summed E-state index contributed by atoms with van der Waals surface area (Å²) in [5.41, 5.74) is 5.20. The molecule has 0 saturated carbocycles. The first-order chi connectivity index (χ1) is 13.4. The number of aromatic nitrogens is 4. The molecule has 0 fully saturated rings. The van der Waals surface area contributed by atoms with E-state index >= 15 is 0 Å². The van der Waals surface area contributed by atoms with Gasteiger partial charge in [-0.15, -0.1) is 11.3 Å². The first kappa shape index (κ1) is 19.1. The van der Waals surface area contributed by atoms with E-state index in [2.05, 4.69) is 15.5 Å². The first-order valence-electron chi connectivity index (χ1n) is 9.40. The van der Waals surface area contributed by atoms with Gasteiger partial charge in [0.25, 0.3) is 5.56 Å². The number of nitrogens with one attached hydrogen (secondary N) is 1. The van der Waals surface area contributed by atoms with E-state index in [1.54, 1.807) is 22.9 Å². The SMILES string of the molecule is Cc1nn(CCC(=O)Nn2c(C)nc3sc4c(c3c2=O)CCCC4)c(C)c1Cl. The van der Waals surface area contributed by atoms with Gasteiger partial charge in [0.15, 0.2) is 0 Å². The van der Waals surface area contributed by atoms with Gasteiger partial charge in [-0.25, -0.2) is 9.66 Å². The van der Waals surface area contributed by atoms with Gasteiger partial charge in [-0.2, -0.15) is 5.10 Å². The predicted octanol–water partition coefficient (Wildman–Crippen LogP) is 3.27. The second-order valence-corrected chi connectivity index (χ2v) is 8.65. The number of carbonyl (C=O) groups excluding carboxylic acids is 1. The maximum atomic E-state index is 13.1. The smallest absolute Gasteiger partial charge is 0.273 e. The van der Waals surface area contributed by atoms with Gasteiger partial charge in [0.1, 0.15) is 10.7 Å². The van der Waals surface area contributed by atoms with Crippen molar-refractivity contribution in [2.45, 2.75) is 59.4 Å². The highest BCUT2D eigenvalue weighted by Crippen LogP contribution is 2.33. The first-order valence-corrected chi connectivity index (χ1v) is 10.6. The third kappa shape index (κ3) is 3.24. The molecule has 1 amide bonds. The Hall–Kier alpha value is -2.19. The second kappa shape index (κ2) is 7.33. The second-order valence-electron chi connectivity index (χ2n) is 7.18. The molecule has 0 aromatic carbocycles. The minimum absolute atomic E-state index is 0.184. The van der Waals surface area contributed by atoms with E-state index in [4.69, 9.17) is 11.6 Å². The van der Waals surface area contributed by atoms with Crippen LogP contribution in [-0.4, -0.2) is 25.3 Å². The molecule has 0 saturated heterocycles. The van der Waals surface area contributed by atoms with E-state index in [9.17, 15) is 9.59 Å². The number of hydrogen-bond acceptors (Lipinski definition) is 5. The monoisotopic (exact) mass is 419 g/mol. The number of carbonyl (C=O) groups is 1. The molecule has 0 aliphatic heterocycles. The van der Waals surface area contributed by atoms with Crippen molar-refractivity contribution in [1.29, 1.82) is 0 Å². The normalized spacial score (nSPS) is 13.7. The summed E-state index contributed by atoms with van der Waals surface area (Å²) >= 11 is 7.76. The van der Waals surface area contributed by atoms with Crippen molar-refractivity contribution in [1.82, 2.24) is 19.4 Å². The van der Waals surface area contributed by atoms with Crippen LogP contribution in [0, 0.1) is 20.8 Å². The molecule has 9 heteroatoms. The summed E-state index contributed by atoms with van der Waals surface area (Å²) in [6, 6.07) is 0. The predicted molar refractivity (Wildman–Crippen MR) is 111 cm³/mol. The molecule has 3 aromatic heterocycles. The van der Waals surface area contributed by atoms with E-state index in [1.165, 1.54) is 9.55 Å². The number of rotatable bonds is 4. The zero-order valence-corrected chi connectivity index (χ0v) is 17.7.